The molecule has 0 amide bonds. The van der Waals surface area contributed by atoms with E-state index >= 15 is 0 Å². The molecule has 0 spiro atoms. The molecule has 0 atom stereocenters. The highest BCUT2D eigenvalue weighted by atomic mass is 16.5. The number of carbonyl (C=O) groups excluding carboxylic acids is 1. The molecule has 0 aliphatic carbocycles. The SMILES string of the molecule is CC(C)OC(=O)c1cccc[n+]1Cc1ccccc1. The van der Waals surface area contributed by atoms with Crippen molar-refractivity contribution in [2.24, 2.45) is 0 Å². The Bertz CT molecular complexity index is 550. The number of benzene rings is 1. The second-order valence-electron chi connectivity index (χ2n) is 4.65. The van der Waals surface area contributed by atoms with Crippen LogP contribution in [0.25, 0.3) is 0 Å². The molecule has 98 valence electrons. The average Bonchev–Trinajstić information content (AvgIpc) is 2.39. The van der Waals surface area contributed by atoms with E-state index in [1.807, 2.05) is 67.1 Å². The minimum absolute atomic E-state index is 0.113. The Morgan fingerprint density at radius 2 is 1.79 bits per heavy atom. The molecule has 2 rings (SSSR count). The Balaban J connectivity index is 2.24. The minimum Gasteiger partial charge on any atom is -0.455 e. The Morgan fingerprint density at radius 3 is 2.47 bits per heavy atom. The summed E-state index contributed by atoms with van der Waals surface area (Å²) in [5.41, 5.74) is 1.72. The van der Waals surface area contributed by atoms with E-state index in [1.165, 1.54) is 0 Å². The van der Waals surface area contributed by atoms with Gasteiger partial charge in [0.15, 0.2) is 12.7 Å². The third kappa shape index (κ3) is 3.65. The van der Waals surface area contributed by atoms with Crippen LogP contribution in [0.15, 0.2) is 54.7 Å². The van der Waals surface area contributed by atoms with Crippen molar-refractivity contribution in [3.05, 3.63) is 66.0 Å². The maximum atomic E-state index is 12.0. The first-order valence-electron chi connectivity index (χ1n) is 6.40. The topological polar surface area (TPSA) is 30.2 Å². The molecule has 1 aromatic heterocycles. The Labute approximate surface area is 113 Å². The van der Waals surface area contributed by atoms with Crippen LogP contribution in [0.5, 0.6) is 0 Å². The Morgan fingerprint density at radius 1 is 1.11 bits per heavy atom. The summed E-state index contributed by atoms with van der Waals surface area (Å²) in [6.07, 6.45) is 1.78. The van der Waals surface area contributed by atoms with Gasteiger partial charge in [0.2, 0.25) is 0 Å². The van der Waals surface area contributed by atoms with Gasteiger partial charge in [-0.2, -0.15) is 4.57 Å². The van der Waals surface area contributed by atoms with Crippen molar-refractivity contribution in [2.45, 2.75) is 26.5 Å². The Hall–Kier alpha value is -2.16. The third-order valence-corrected chi connectivity index (χ3v) is 2.69. The highest BCUT2D eigenvalue weighted by molar-refractivity contribution is 5.85. The Kier molecular flexibility index (Phi) is 4.29. The highest BCUT2D eigenvalue weighted by Crippen LogP contribution is 2.02. The van der Waals surface area contributed by atoms with Gasteiger partial charge in [0.25, 0.3) is 5.69 Å². The first-order chi connectivity index (χ1) is 9.16. The van der Waals surface area contributed by atoms with Crippen LogP contribution in [0, 0.1) is 0 Å². The molecule has 0 radical (unpaired) electrons. The molecule has 0 saturated heterocycles. The molecule has 1 aromatic carbocycles. The summed E-state index contributed by atoms with van der Waals surface area (Å²) in [5, 5.41) is 0. The molecular formula is C16H18NO2+. The van der Waals surface area contributed by atoms with Crippen LogP contribution >= 0.6 is 0 Å². The standard InChI is InChI=1S/C16H18NO2/c1-13(2)19-16(18)15-10-6-7-11-17(15)12-14-8-4-3-5-9-14/h3-11,13H,12H2,1-2H3/q+1. The van der Waals surface area contributed by atoms with Crippen molar-refractivity contribution < 1.29 is 14.1 Å². The zero-order chi connectivity index (χ0) is 13.7. The molecule has 1 heterocycles. The summed E-state index contributed by atoms with van der Waals surface area (Å²) in [4.78, 5) is 12.0. The molecule has 0 unspecified atom stereocenters. The van der Waals surface area contributed by atoms with Gasteiger partial charge in [-0.3, -0.25) is 0 Å². The van der Waals surface area contributed by atoms with Gasteiger partial charge in [0.1, 0.15) is 0 Å². The molecule has 2 aromatic rings. The lowest BCUT2D eigenvalue weighted by Gasteiger charge is -2.07. The quantitative estimate of drug-likeness (QED) is 0.621. The van der Waals surface area contributed by atoms with E-state index in [4.69, 9.17) is 4.74 Å². The van der Waals surface area contributed by atoms with E-state index in [1.54, 1.807) is 6.07 Å². The van der Waals surface area contributed by atoms with Crippen LogP contribution in [-0.2, 0) is 11.3 Å². The largest absolute Gasteiger partial charge is 0.455 e. The van der Waals surface area contributed by atoms with E-state index < -0.39 is 0 Å². The number of nitrogens with zero attached hydrogens (tertiary/aromatic N) is 1. The summed E-state index contributed by atoms with van der Waals surface area (Å²) in [7, 11) is 0. The van der Waals surface area contributed by atoms with Gasteiger partial charge >= 0.3 is 5.97 Å². The monoisotopic (exact) mass is 256 g/mol. The molecule has 0 aliphatic heterocycles. The van der Waals surface area contributed by atoms with E-state index in [2.05, 4.69) is 0 Å². The number of esters is 1. The average molecular weight is 256 g/mol. The molecule has 0 N–H and O–H groups in total. The smallest absolute Gasteiger partial charge is 0.403 e. The predicted octanol–water partition coefficient (Wildman–Crippen LogP) is 2.59. The fraction of sp³-hybridized carbons (Fsp3) is 0.250. The van der Waals surface area contributed by atoms with Crippen molar-refractivity contribution in [1.29, 1.82) is 0 Å². The van der Waals surface area contributed by atoms with Gasteiger partial charge < -0.3 is 4.74 Å². The summed E-state index contributed by atoms with van der Waals surface area (Å²) in [6.45, 7) is 4.36. The molecule has 3 nitrogen and oxygen atoms in total. The molecule has 0 bridgehead atoms. The first kappa shape index (κ1) is 13.3. The maximum Gasteiger partial charge on any atom is 0.403 e. The minimum atomic E-state index is -0.286. The second kappa shape index (κ2) is 6.14. The molecule has 19 heavy (non-hydrogen) atoms. The first-order valence-corrected chi connectivity index (χ1v) is 6.40. The lowest BCUT2D eigenvalue weighted by atomic mass is 10.2. The van der Waals surface area contributed by atoms with Crippen molar-refractivity contribution in [2.75, 3.05) is 0 Å². The predicted molar refractivity (Wildman–Crippen MR) is 72.7 cm³/mol. The van der Waals surface area contributed by atoms with E-state index in [-0.39, 0.29) is 12.1 Å². The summed E-state index contributed by atoms with van der Waals surface area (Å²) >= 11 is 0. The van der Waals surface area contributed by atoms with Crippen LogP contribution in [0.3, 0.4) is 0 Å². The van der Waals surface area contributed by atoms with Crippen LogP contribution < -0.4 is 4.57 Å². The van der Waals surface area contributed by atoms with Crippen molar-refractivity contribution in [1.82, 2.24) is 0 Å². The summed E-state index contributed by atoms with van der Waals surface area (Å²) < 4.78 is 7.16. The molecule has 0 fully saturated rings. The van der Waals surface area contributed by atoms with Crippen LogP contribution in [0.2, 0.25) is 0 Å². The maximum absolute atomic E-state index is 12.0. The van der Waals surface area contributed by atoms with Gasteiger partial charge in [0.05, 0.1) is 6.10 Å². The lowest BCUT2D eigenvalue weighted by molar-refractivity contribution is -0.690. The molecule has 0 aliphatic rings. The van der Waals surface area contributed by atoms with E-state index in [9.17, 15) is 4.79 Å². The van der Waals surface area contributed by atoms with Crippen molar-refractivity contribution >= 4 is 5.97 Å². The molecule has 3 heteroatoms. The number of ether oxygens (including phenoxy) is 1. The fourth-order valence-electron chi connectivity index (χ4n) is 1.85. The fourth-order valence-corrected chi connectivity index (χ4v) is 1.85. The summed E-state index contributed by atoms with van der Waals surface area (Å²) in [5.74, 6) is -0.286. The normalized spacial score (nSPS) is 10.5. The van der Waals surface area contributed by atoms with Gasteiger partial charge in [-0.1, -0.05) is 30.3 Å². The summed E-state index contributed by atoms with van der Waals surface area (Å²) in [6, 6.07) is 15.6. The number of aromatic nitrogens is 1. The number of hydrogen-bond donors (Lipinski definition) is 0. The van der Waals surface area contributed by atoms with Crippen LogP contribution in [-0.4, -0.2) is 12.1 Å². The van der Waals surface area contributed by atoms with Gasteiger partial charge in [0, 0.05) is 17.7 Å². The highest BCUT2D eigenvalue weighted by Gasteiger charge is 2.21. The number of pyridine rings is 1. The zero-order valence-electron chi connectivity index (χ0n) is 11.2. The second-order valence-corrected chi connectivity index (χ2v) is 4.65. The zero-order valence-corrected chi connectivity index (χ0v) is 11.2. The number of carbonyl (C=O) groups is 1. The van der Waals surface area contributed by atoms with Crippen LogP contribution in [0.4, 0.5) is 0 Å². The van der Waals surface area contributed by atoms with E-state index in [0.717, 1.165) is 5.56 Å². The van der Waals surface area contributed by atoms with Gasteiger partial charge in [-0.25, -0.2) is 4.79 Å². The molecular weight excluding hydrogens is 238 g/mol. The van der Waals surface area contributed by atoms with Crippen molar-refractivity contribution in [3.8, 4) is 0 Å². The van der Waals surface area contributed by atoms with Crippen LogP contribution in [0.1, 0.15) is 29.9 Å². The number of hydrogen-bond acceptors (Lipinski definition) is 2. The van der Waals surface area contributed by atoms with Crippen molar-refractivity contribution in [3.63, 3.8) is 0 Å². The van der Waals surface area contributed by atoms with E-state index in [0.29, 0.717) is 12.2 Å². The lowest BCUT2D eigenvalue weighted by Crippen LogP contribution is -2.41. The molecule has 0 saturated carbocycles. The number of rotatable bonds is 4. The van der Waals surface area contributed by atoms with Gasteiger partial charge in [-0.15, -0.1) is 0 Å². The third-order valence-electron chi connectivity index (χ3n) is 2.69. The van der Waals surface area contributed by atoms with Gasteiger partial charge in [-0.05, 0) is 19.9 Å².